The van der Waals surface area contributed by atoms with Gasteiger partial charge in [-0.2, -0.15) is 0 Å². The van der Waals surface area contributed by atoms with E-state index in [0.29, 0.717) is 13.1 Å². The van der Waals surface area contributed by atoms with Crippen molar-refractivity contribution in [2.75, 3.05) is 20.1 Å². The lowest BCUT2D eigenvalue weighted by Gasteiger charge is -2.16. The molecule has 0 bridgehead atoms. The van der Waals surface area contributed by atoms with Crippen molar-refractivity contribution in [1.29, 1.82) is 0 Å². The van der Waals surface area contributed by atoms with Gasteiger partial charge in [0.25, 0.3) is 5.91 Å². The zero-order valence-electron chi connectivity index (χ0n) is 17.6. The van der Waals surface area contributed by atoms with Crippen LogP contribution < -0.4 is 5.32 Å². The molecule has 0 unspecified atom stereocenters. The quantitative estimate of drug-likeness (QED) is 0.566. The number of hydrogen-bond donors (Lipinski definition) is 1. The fourth-order valence-electron chi connectivity index (χ4n) is 3.55. The van der Waals surface area contributed by atoms with E-state index in [2.05, 4.69) is 51.1 Å². The van der Waals surface area contributed by atoms with Crippen LogP contribution in [0.1, 0.15) is 39.4 Å². The molecule has 1 aromatic carbocycles. The second-order valence-corrected chi connectivity index (χ2v) is 7.52. The fourth-order valence-corrected chi connectivity index (χ4v) is 3.55. The predicted octanol–water partition coefficient (Wildman–Crippen LogP) is 3.80. The monoisotopic (exact) mass is 390 g/mol. The minimum atomic E-state index is -0.00363. The maximum Gasteiger partial charge on any atom is 0.253 e. The summed E-state index contributed by atoms with van der Waals surface area (Å²) < 4.78 is 2.14. The van der Waals surface area contributed by atoms with Crippen molar-refractivity contribution in [2.24, 2.45) is 0 Å². The summed E-state index contributed by atoms with van der Waals surface area (Å²) in [6.45, 7) is 7.24. The minimum Gasteiger partial charge on any atom is -0.352 e. The van der Waals surface area contributed by atoms with E-state index in [1.165, 1.54) is 5.56 Å². The van der Waals surface area contributed by atoms with Gasteiger partial charge in [-0.05, 0) is 57.6 Å². The lowest BCUT2D eigenvalue weighted by molar-refractivity contribution is 0.0951. The Hall–Kier alpha value is -2.92. The number of carbonyl (C=O) groups excluding carboxylic acids is 1. The van der Waals surface area contributed by atoms with Gasteiger partial charge in [-0.25, -0.2) is 0 Å². The first kappa shape index (κ1) is 20.8. The van der Waals surface area contributed by atoms with Crippen LogP contribution in [0.2, 0.25) is 0 Å². The molecule has 29 heavy (non-hydrogen) atoms. The Morgan fingerprint density at radius 3 is 2.59 bits per heavy atom. The Morgan fingerprint density at radius 2 is 1.86 bits per heavy atom. The number of rotatable bonds is 9. The lowest BCUT2D eigenvalue weighted by Crippen LogP contribution is -2.28. The number of benzene rings is 1. The van der Waals surface area contributed by atoms with Crippen LogP contribution in [0.3, 0.4) is 0 Å². The van der Waals surface area contributed by atoms with Gasteiger partial charge in [0.2, 0.25) is 0 Å². The number of amides is 1. The van der Waals surface area contributed by atoms with E-state index in [4.69, 9.17) is 0 Å². The third-order valence-electron chi connectivity index (χ3n) is 5.16. The molecule has 5 heteroatoms. The van der Waals surface area contributed by atoms with E-state index in [9.17, 15) is 4.79 Å². The van der Waals surface area contributed by atoms with Gasteiger partial charge in [-0.15, -0.1) is 0 Å². The summed E-state index contributed by atoms with van der Waals surface area (Å²) in [7, 11) is 2.11. The Balaban J connectivity index is 1.49. The van der Waals surface area contributed by atoms with Crippen LogP contribution in [0.5, 0.6) is 0 Å². The highest BCUT2D eigenvalue weighted by atomic mass is 16.1. The Bertz CT molecular complexity index is 919. The largest absolute Gasteiger partial charge is 0.352 e. The van der Waals surface area contributed by atoms with E-state index >= 15 is 0 Å². The Kier molecular flexibility index (Phi) is 7.19. The van der Waals surface area contributed by atoms with E-state index in [0.717, 1.165) is 42.2 Å². The molecule has 0 atom stereocenters. The zero-order valence-corrected chi connectivity index (χ0v) is 17.6. The highest BCUT2D eigenvalue weighted by molar-refractivity contribution is 5.95. The normalized spacial score (nSPS) is 11.0. The third kappa shape index (κ3) is 5.78. The summed E-state index contributed by atoms with van der Waals surface area (Å²) >= 11 is 0. The van der Waals surface area contributed by atoms with Crippen molar-refractivity contribution in [3.05, 3.63) is 89.0 Å². The van der Waals surface area contributed by atoms with Gasteiger partial charge in [0.1, 0.15) is 0 Å². The molecule has 152 valence electrons. The first-order chi connectivity index (χ1) is 14.0. The number of hydrogen-bond acceptors (Lipinski definition) is 3. The van der Waals surface area contributed by atoms with Crippen LogP contribution in [-0.4, -0.2) is 40.5 Å². The number of aryl methyl sites for hydroxylation is 1. The summed E-state index contributed by atoms with van der Waals surface area (Å²) in [6.07, 6.45) is 2.72. The molecule has 0 saturated carbocycles. The molecule has 2 heterocycles. The molecule has 0 saturated heterocycles. The summed E-state index contributed by atoms with van der Waals surface area (Å²) in [4.78, 5) is 19.3. The molecular weight excluding hydrogens is 360 g/mol. The van der Waals surface area contributed by atoms with E-state index in [1.54, 1.807) is 6.20 Å². The second-order valence-electron chi connectivity index (χ2n) is 7.52. The summed E-state index contributed by atoms with van der Waals surface area (Å²) in [5.74, 6) is -0.00363. The van der Waals surface area contributed by atoms with E-state index < -0.39 is 0 Å². The van der Waals surface area contributed by atoms with E-state index in [1.807, 2.05) is 44.2 Å². The molecule has 3 rings (SSSR count). The van der Waals surface area contributed by atoms with Gasteiger partial charge >= 0.3 is 0 Å². The van der Waals surface area contributed by atoms with Gasteiger partial charge in [0.15, 0.2) is 0 Å². The van der Waals surface area contributed by atoms with Gasteiger partial charge < -0.3 is 14.8 Å². The van der Waals surface area contributed by atoms with Crippen molar-refractivity contribution < 1.29 is 4.79 Å². The van der Waals surface area contributed by atoms with E-state index in [-0.39, 0.29) is 5.91 Å². The van der Waals surface area contributed by atoms with Crippen LogP contribution in [-0.2, 0) is 13.1 Å². The number of aromatic nitrogens is 2. The van der Waals surface area contributed by atoms with Gasteiger partial charge in [0.05, 0.1) is 17.8 Å². The number of pyridine rings is 1. The molecule has 1 N–H and O–H groups in total. The summed E-state index contributed by atoms with van der Waals surface area (Å²) in [5.41, 5.74) is 5.09. The lowest BCUT2D eigenvalue weighted by atomic mass is 10.2. The average molecular weight is 391 g/mol. The molecular formula is C24H30N4O. The number of carbonyl (C=O) groups is 1. The van der Waals surface area contributed by atoms with Crippen molar-refractivity contribution in [3.8, 4) is 0 Å². The topological polar surface area (TPSA) is 50.2 Å². The molecule has 3 aromatic rings. The second kappa shape index (κ2) is 10.0. The third-order valence-corrected chi connectivity index (χ3v) is 5.16. The number of nitrogens with one attached hydrogen (secondary N) is 1. The molecule has 0 aliphatic heterocycles. The molecule has 0 fully saturated rings. The average Bonchev–Trinajstić information content (AvgIpc) is 3.01. The maximum atomic E-state index is 12.7. The summed E-state index contributed by atoms with van der Waals surface area (Å²) in [5, 5.41) is 3.07. The van der Waals surface area contributed by atoms with Crippen molar-refractivity contribution >= 4 is 5.91 Å². The van der Waals surface area contributed by atoms with Gasteiger partial charge in [0, 0.05) is 30.7 Å². The fraction of sp³-hybridized carbons (Fsp3) is 0.333. The van der Waals surface area contributed by atoms with Crippen LogP contribution in [0.4, 0.5) is 0 Å². The van der Waals surface area contributed by atoms with Crippen LogP contribution >= 0.6 is 0 Å². The highest BCUT2D eigenvalue weighted by Gasteiger charge is 2.15. The van der Waals surface area contributed by atoms with Crippen LogP contribution in [0, 0.1) is 13.8 Å². The molecule has 5 nitrogen and oxygen atoms in total. The Labute approximate surface area is 173 Å². The predicted molar refractivity (Wildman–Crippen MR) is 117 cm³/mol. The smallest absolute Gasteiger partial charge is 0.253 e. The van der Waals surface area contributed by atoms with Gasteiger partial charge in [-0.3, -0.25) is 9.78 Å². The van der Waals surface area contributed by atoms with Crippen molar-refractivity contribution in [2.45, 2.75) is 33.4 Å². The molecule has 2 aromatic heterocycles. The molecule has 0 aliphatic rings. The van der Waals surface area contributed by atoms with Crippen LogP contribution in [0.15, 0.2) is 60.8 Å². The first-order valence-electron chi connectivity index (χ1n) is 10.1. The molecule has 0 radical (unpaired) electrons. The van der Waals surface area contributed by atoms with Crippen molar-refractivity contribution in [1.82, 2.24) is 19.8 Å². The first-order valence-corrected chi connectivity index (χ1v) is 10.1. The highest BCUT2D eigenvalue weighted by Crippen LogP contribution is 2.16. The minimum absolute atomic E-state index is 0.00363. The van der Waals surface area contributed by atoms with Crippen LogP contribution in [0.25, 0.3) is 0 Å². The zero-order chi connectivity index (χ0) is 20.6. The molecule has 0 spiro atoms. The van der Waals surface area contributed by atoms with Crippen molar-refractivity contribution in [3.63, 3.8) is 0 Å². The van der Waals surface area contributed by atoms with Gasteiger partial charge in [-0.1, -0.05) is 36.4 Å². The summed E-state index contributed by atoms with van der Waals surface area (Å²) in [6, 6.07) is 18.3. The standard InChI is InChI=1S/C24H30N4O/c1-19-16-23(20(2)28(19)18-22-12-7-8-13-25-22)24(29)26-14-9-15-27(3)17-21-10-5-4-6-11-21/h4-8,10-13,16H,9,14-15,17-18H2,1-3H3,(H,26,29). The molecule has 0 aliphatic carbocycles. The SMILES string of the molecule is Cc1cc(C(=O)NCCCN(C)Cc2ccccc2)c(C)n1Cc1ccccn1. The Morgan fingerprint density at radius 1 is 1.10 bits per heavy atom. The maximum absolute atomic E-state index is 12.7. The molecule has 1 amide bonds. The number of nitrogens with zero attached hydrogens (tertiary/aromatic N) is 3.